The van der Waals surface area contributed by atoms with E-state index in [9.17, 15) is 0 Å². The van der Waals surface area contributed by atoms with Crippen LogP contribution in [0.5, 0.6) is 11.5 Å². The molecule has 26 heavy (non-hydrogen) atoms. The van der Waals surface area contributed by atoms with Crippen LogP contribution in [0.15, 0.2) is 53.1 Å². The third-order valence-corrected chi connectivity index (χ3v) is 4.16. The van der Waals surface area contributed by atoms with Crippen molar-refractivity contribution in [3.05, 3.63) is 60.0 Å². The van der Waals surface area contributed by atoms with Crippen LogP contribution in [0.1, 0.15) is 17.6 Å². The van der Waals surface area contributed by atoms with E-state index < -0.39 is 6.04 Å². The van der Waals surface area contributed by atoms with E-state index >= 15 is 0 Å². The molecule has 2 heterocycles. The first kappa shape index (κ1) is 16.6. The molecule has 0 aliphatic carbocycles. The Morgan fingerprint density at radius 3 is 2.85 bits per heavy atom. The lowest BCUT2D eigenvalue weighted by molar-refractivity contribution is 0.0913. The predicted octanol–water partition coefficient (Wildman–Crippen LogP) is 2.11. The van der Waals surface area contributed by atoms with Crippen molar-refractivity contribution in [3.8, 4) is 22.9 Å². The Morgan fingerprint density at radius 2 is 2.00 bits per heavy atom. The molecule has 3 aromatic rings. The SMILES string of the molecule is N[C@H](CO)Cc1nc(-c2cccc([C@@H]3COc4ccccc4O3)c2)no1. The number of rotatable bonds is 5. The Balaban J connectivity index is 1.54. The number of aromatic nitrogens is 2. The molecular weight excluding hydrogens is 334 g/mol. The van der Waals surface area contributed by atoms with Crippen molar-refractivity contribution in [1.29, 1.82) is 0 Å². The van der Waals surface area contributed by atoms with Crippen LogP contribution in [-0.2, 0) is 6.42 Å². The van der Waals surface area contributed by atoms with Gasteiger partial charge in [-0.15, -0.1) is 0 Å². The number of hydrogen-bond donors (Lipinski definition) is 2. The zero-order valence-electron chi connectivity index (χ0n) is 14.0. The standard InChI is InChI=1S/C19H19N3O4/c20-14(10-23)9-18-21-19(22-26-18)13-5-3-4-12(8-13)17-11-24-15-6-1-2-7-16(15)25-17/h1-8,14,17,23H,9-11,20H2/t14-,17-/m0/s1. The summed E-state index contributed by atoms with van der Waals surface area (Å²) in [5, 5.41) is 13.0. The maximum Gasteiger partial charge on any atom is 0.228 e. The molecule has 0 fully saturated rings. The van der Waals surface area contributed by atoms with Crippen molar-refractivity contribution in [2.24, 2.45) is 5.73 Å². The van der Waals surface area contributed by atoms with E-state index in [1.54, 1.807) is 0 Å². The number of aliphatic hydroxyl groups is 1. The summed E-state index contributed by atoms with van der Waals surface area (Å²) in [5.74, 6) is 2.36. The van der Waals surface area contributed by atoms with Crippen molar-refractivity contribution < 1.29 is 19.1 Å². The lowest BCUT2D eigenvalue weighted by Gasteiger charge is -2.26. The molecular formula is C19H19N3O4. The maximum absolute atomic E-state index is 9.03. The largest absolute Gasteiger partial charge is 0.485 e. The van der Waals surface area contributed by atoms with Gasteiger partial charge in [0.1, 0.15) is 6.61 Å². The van der Waals surface area contributed by atoms with Gasteiger partial charge in [0.25, 0.3) is 0 Å². The number of ether oxygens (including phenoxy) is 2. The highest BCUT2D eigenvalue weighted by molar-refractivity contribution is 5.56. The van der Waals surface area contributed by atoms with Crippen LogP contribution in [0.3, 0.4) is 0 Å². The van der Waals surface area contributed by atoms with Gasteiger partial charge in [-0.25, -0.2) is 0 Å². The molecule has 0 amide bonds. The molecule has 2 aromatic carbocycles. The molecule has 1 aliphatic heterocycles. The monoisotopic (exact) mass is 353 g/mol. The minimum Gasteiger partial charge on any atom is -0.485 e. The summed E-state index contributed by atoms with van der Waals surface area (Å²) >= 11 is 0. The molecule has 0 saturated heterocycles. The van der Waals surface area contributed by atoms with Gasteiger partial charge < -0.3 is 24.8 Å². The third-order valence-electron chi connectivity index (χ3n) is 4.16. The molecule has 0 spiro atoms. The van der Waals surface area contributed by atoms with Crippen LogP contribution in [0, 0.1) is 0 Å². The summed E-state index contributed by atoms with van der Waals surface area (Å²) in [7, 11) is 0. The Bertz CT molecular complexity index is 896. The first-order chi connectivity index (χ1) is 12.7. The Kier molecular flexibility index (Phi) is 4.55. The van der Waals surface area contributed by atoms with Crippen LogP contribution in [0.2, 0.25) is 0 Å². The topological polar surface area (TPSA) is 104 Å². The summed E-state index contributed by atoms with van der Waals surface area (Å²) in [5.41, 5.74) is 7.49. The zero-order chi connectivity index (χ0) is 17.9. The molecule has 7 nitrogen and oxygen atoms in total. The molecule has 0 saturated carbocycles. The number of nitrogens with zero attached hydrogens (tertiary/aromatic N) is 2. The average molecular weight is 353 g/mol. The van der Waals surface area contributed by atoms with Crippen LogP contribution < -0.4 is 15.2 Å². The van der Waals surface area contributed by atoms with E-state index in [0.717, 1.165) is 22.6 Å². The van der Waals surface area contributed by atoms with Gasteiger partial charge in [-0.2, -0.15) is 4.98 Å². The molecule has 3 N–H and O–H groups in total. The van der Waals surface area contributed by atoms with E-state index in [1.165, 1.54) is 0 Å². The number of nitrogens with two attached hydrogens (primary N) is 1. The minimum atomic E-state index is -0.414. The number of benzene rings is 2. The van der Waals surface area contributed by atoms with Gasteiger partial charge in [0.15, 0.2) is 17.6 Å². The van der Waals surface area contributed by atoms with Gasteiger partial charge in [0.05, 0.1) is 6.61 Å². The van der Waals surface area contributed by atoms with Gasteiger partial charge >= 0.3 is 0 Å². The van der Waals surface area contributed by atoms with Gasteiger partial charge in [0.2, 0.25) is 11.7 Å². The quantitative estimate of drug-likeness (QED) is 0.724. The van der Waals surface area contributed by atoms with Crippen molar-refractivity contribution in [3.63, 3.8) is 0 Å². The first-order valence-corrected chi connectivity index (χ1v) is 8.41. The van der Waals surface area contributed by atoms with E-state index in [-0.39, 0.29) is 12.7 Å². The van der Waals surface area contributed by atoms with Crippen molar-refractivity contribution >= 4 is 0 Å². The molecule has 0 radical (unpaired) electrons. The van der Waals surface area contributed by atoms with Gasteiger partial charge in [0, 0.05) is 18.0 Å². The molecule has 4 rings (SSSR count). The van der Waals surface area contributed by atoms with E-state index in [4.69, 9.17) is 24.8 Å². The first-order valence-electron chi connectivity index (χ1n) is 8.41. The second-order valence-corrected chi connectivity index (χ2v) is 6.15. The number of aliphatic hydroxyl groups excluding tert-OH is 1. The second kappa shape index (κ2) is 7.15. The third kappa shape index (κ3) is 3.40. The van der Waals surface area contributed by atoms with Crippen molar-refractivity contribution in [2.75, 3.05) is 13.2 Å². The van der Waals surface area contributed by atoms with E-state index in [0.29, 0.717) is 24.7 Å². The summed E-state index contributed by atoms with van der Waals surface area (Å²) < 4.78 is 17.0. The molecule has 1 aromatic heterocycles. The summed E-state index contributed by atoms with van der Waals surface area (Å²) in [4.78, 5) is 4.35. The fraction of sp³-hybridized carbons (Fsp3) is 0.263. The van der Waals surface area contributed by atoms with Gasteiger partial charge in [-0.1, -0.05) is 35.5 Å². The zero-order valence-corrected chi connectivity index (χ0v) is 14.0. The lowest BCUT2D eigenvalue weighted by atomic mass is 10.1. The summed E-state index contributed by atoms with van der Waals surface area (Å²) in [6.07, 6.45) is 0.124. The number of fused-ring (bicyclic) bond motifs is 1. The van der Waals surface area contributed by atoms with Gasteiger partial charge in [-0.3, -0.25) is 0 Å². The van der Waals surface area contributed by atoms with Crippen LogP contribution in [-0.4, -0.2) is 34.5 Å². The van der Waals surface area contributed by atoms with Gasteiger partial charge in [-0.05, 0) is 23.8 Å². The van der Waals surface area contributed by atoms with Crippen molar-refractivity contribution in [1.82, 2.24) is 10.1 Å². The minimum absolute atomic E-state index is 0.131. The van der Waals surface area contributed by atoms with E-state index in [2.05, 4.69) is 10.1 Å². The highest BCUT2D eigenvalue weighted by atomic mass is 16.6. The number of para-hydroxylation sites is 2. The Labute approximate surface area is 150 Å². The molecule has 0 bridgehead atoms. The molecule has 2 atom stereocenters. The normalized spacial score (nSPS) is 17.1. The molecule has 134 valence electrons. The Morgan fingerprint density at radius 1 is 1.15 bits per heavy atom. The molecule has 0 unspecified atom stereocenters. The summed E-state index contributed by atoms with van der Waals surface area (Å²) in [6.45, 7) is 0.303. The van der Waals surface area contributed by atoms with Crippen molar-refractivity contribution in [2.45, 2.75) is 18.6 Å². The summed E-state index contributed by atoms with van der Waals surface area (Å²) in [6, 6.07) is 15.0. The van der Waals surface area contributed by atoms with Crippen LogP contribution in [0.25, 0.3) is 11.4 Å². The lowest BCUT2D eigenvalue weighted by Crippen LogP contribution is -2.26. The van der Waals surface area contributed by atoms with Crippen LogP contribution >= 0.6 is 0 Å². The molecule has 7 heteroatoms. The fourth-order valence-electron chi connectivity index (χ4n) is 2.81. The second-order valence-electron chi connectivity index (χ2n) is 6.15. The highest BCUT2D eigenvalue weighted by Gasteiger charge is 2.23. The smallest absolute Gasteiger partial charge is 0.228 e. The van der Waals surface area contributed by atoms with Crippen LogP contribution in [0.4, 0.5) is 0 Å². The molecule has 1 aliphatic rings. The highest BCUT2D eigenvalue weighted by Crippen LogP contribution is 2.36. The fourth-order valence-corrected chi connectivity index (χ4v) is 2.81. The Hall–Kier alpha value is -2.90. The van der Waals surface area contributed by atoms with E-state index in [1.807, 2.05) is 48.5 Å². The average Bonchev–Trinajstić information content (AvgIpc) is 3.16. The number of hydrogen-bond acceptors (Lipinski definition) is 7. The predicted molar refractivity (Wildman–Crippen MR) is 93.8 cm³/mol. The maximum atomic E-state index is 9.03.